The van der Waals surface area contributed by atoms with Gasteiger partial charge in [0.05, 0.1) is 0 Å². The van der Waals surface area contributed by atoms with Crippen LogP contribution < -0.4 is 0 Å². The van der Waals surface area contributed by atoms with Gasteiger partial charge in [0.15, 0.2) is 0 Å². The average molecular weight is 638 g/mol. The van der Waals surface area contributed by atoms with Crippen LogP contribution in [0.15, 0.2) is 72.9 Å². The molecule has 0 aromatic heterocycles. The molecule has 0 aliphatic carbocycles. The molecule has 0 spiro atoms. The highest BCUT2D eigenvalue weighted by molar-refractivity contribution is 5.69. The van der Waals surface area contributed by atoms with Crippen LogP contribution in [-0.2, 0) is 9.53 Å². The fourth-order valence-corrected chi connectivity index (χ4v) is 5.25. The van der Waals surface area contributed by atoms with Gasteiger partial charge in [-0.2, -0.15) is 0 Å². The zero-order valence-corrected chi connectivity index (χ0v) is 30.9. The highest BCUT2D eigenvalue weighted by atomic mass is 16.5. The van der Waals surface area contributed by atoms with Gasteiger partial charge >= 0.3 is 5.97 Å². The van der Waals surface area contributed by atoms with Crippen molar-refractivity contribution in [2.45, 2.75) is 174 Å². The first-order valence-electron chi connectivity index (χ1n) is 19.3. The van der Waals surface area contributed by atoms with Crippen LogP contribution in [-0.4, -0.2) is 37.6 Å². The van der Waals surface area contributed by atoms with Gasteiger partial charge in [-0.25, -0.2) is 0 Å². The van der Waals surface area contributed by atoms with Crippen molar-refractivity contribution in [1.29, 1.82) is 0 Å². The third-order valence-electron chi connectivity index (χ3n) is 8.12. The lowest BCUT2D eigenvalue weighted by molar-refractivity contribution is -0.150. The fraction of sp³-hybridized carbons (Fsp3) is 0.698. The molecule has 264 valence electrons. The number of nitrogens with zero attached hydrogens (tertiary/aromatic N) is 1. The number of rotatable bonds is 33. The van der Waals surface area contributed by atoms with Gasteiger partial charge in [-0.3, -0.25) is 4.79 Å². The first-order chi connectivity index (χ1) is 22.6. The zero-order valence-electron chi connectivity index (χ0n) is 30.9. The van der Waals surface area contributed by atoms with Crippen LogP contribution in [0.3, 0.4) is 0 Å². The van der Waals surface area contributed by atoms with E-state index in [9.17, 15) is 4.79 Å². The fourth-order valence-electron chi connectivity index (χ4n) is 5.25. The van der Waals surface area contributed by atoms with Gasteiger partial charge in [0, 0.05) is 6.42 Å². The van der Waals surface area contributed by atoms with Crippen LogP contribution in [0.1, 0.15) is 168 Å². The summed E-state index contributed by atoms with van der Waals surface area (Å²) >= 11 is 0. The molecule has 0 heterocycles. The standard InChI is InChI=1S/C43H75NO2/c1-5-7-9-11-13-15-17-19-21-23-25-27-29-31-33-35-38-42(46-43(45)40-37-41-44(3)4)39-36-34-32-30-28-26-24-22-20-18-16-14-12-10-8-6-2/h13-16,19-22,25-28,42H,5-12,17-18,23-24,29-41H2,1-4H3. The summed E-state index contributed by atoms with van der Waals surface area (Å²) < 4.78 is 5.97. The van der Waals surface area contributed by atoms with Crippen LogP contribution in [0.4, 0.5) is 0 Å². The maximum absolute atomic E-state index is 12.5. The quantitative estimate of drug-likeness (QED) is 0.0407. The van der Waals surface area contributed by atoms with E-state index in [2.05, 4.69) is 106 Å². The van der Waals surface area contributed by atoms with Gasteiger partial charge in [-0.05, 0) is 130 Å². The Morgan fingerprint density at radius 2 is 0.870 bits per heavy atom. The normalized spacial score (nSPS) is 13.3. The molecule has 0 radical (unpaired) electrons. The smallest absolute Gasteiger partial charge is 0.306 e. The zero-order chi connectivity index (χ0) is 33.6. The number of carbonyl (C=O) groups excluding carboxylic acids is 1. The van der Waals surface area contributed by atoms with Crippen molar-refractivity contribution in [3.05, 3.63) is 72.9 Å². The van der Waals surface area contributed by atoms with Crippen molar-refractivity contribution in [3.63, 3.8) is 0 Å². The van der Waals surface area contributed by atoms with E-state index in [-0.39, 0.29) is 12.1 Å². The summed E-state index contributed by atoms with van der Waals surface area (Å²) in [5, 5.41) is 0. The molecule has 0 N–H and O–H groups in total. The lowest BCUT2D eigenvalue weighted by Gasteiger charge is -2.18. The Bertz CT molecular complexity index is 763. The molecule has 3 nitrogen and oxygen atoms in total. The molecule has 0 aromatic carbocycles. The van der Waals surface area contributed by atoms with Crippen LogP contribution in [0, 0.1) is 0 Å². The summed E-state index contributed by atoms with van der Waals surface area (Å²) in [7, 11) is 4.10. The largest absolute Gasteiger partial charge is 0.462 e. The van der Waals surface area contributed by atoms with E-state index in [1.807, 2.05) is 0 Å². The summed E-state index contributed by atoms with van der Waals surface area (Å²) in [6.45, 7) is 5.44. The molecule has 0 bridgehead atoms. The first-order valence-corrected chi connectivity index (χ1v) is 19.3. The van der Waals surface area contributed by atoms with E-state index in [0.29, 0.717) is 6.42 Å². The molecular formula is C43H75NO2. The Kier molecular flexibility index (Phi) is 35.6. The molecule has 46 heavy (non-hydrogen) atoms. The monoisotopic (exact) mass is 638 g/mol. The molecule has 3 heteroatoms. The molecule has 0 amide bonds. The van der Waals surface area contributed by atoms with Gasteiger partial charge in [0.1, 0.15) is 6.10 Å². The van der Waals surface area contributed by atoms with E-state index < -0.39 is 0 Å². The SMILES string of the molecule is CCCCCC=CCC=CCC=CCCCCCC(CCCCCC=CCC=CCC=CCCCCC)OC(=O)CCCN(C)C. The maximum Gasteiger partial charge on any atom is 0.306 e. The first kappa shape index (κ1) is 43.9. The summed E-state index contributed by atoms with van der Waals surface area (Å²) in [5.41, 5.74) is 0. The topological polar surface area (TPSA) is 29.5 Å². The summed E-state index contributed by atoms with van der Waals surface area (Å²) in [6, 6.07) is 0. The molecule has 0 aromatic rings. The lowest BCUT2D eigenvalue weighted by atomic mass is 10.0. The number of unbranched alkanes of at least 4 members (excludes halogenated alkanes) is 12. The van der Waals surface area contributed by atoms with E-state index in [0.717, 1.165) is 77.2 Å². The number of hydrogen-bond acceptors (Lipinski definition) is 3. The van der Waals surface area contributed by atoms with Crippen molar-refractivity contribution in [1.82, 2.24) is 4.90 Å². The molecule has 0 saturated heterocycles. The number of carbonyl (C=O) groups is 1. The second kappa shape index (κ2) is 37.3. The highest BCUT2D eigenvalue weighted by Crippen LogP contribution is 2.17. The van der Waals surface area contributed by atoms with Gasteiger partial charge in [-0.1, -0.05) is 125 Å². The predicted octanol–water partition coefficient (Wildman–Crippen LogP) is 13.2. The highest BCUT2D eigenvalue weighted by Gasteiger charge is 2.14. The molecule has 0 saturated carbocycles. The summed E-state index contributed by atoms with van der Waals surface area (Å²) in [6.07, 6.45) is 54.9. The van der Waals surface area contributed by atoms with Crippen molar-refractivity contribution < 1.29 is 9.53 Å². The average Bonchev–Trinajstić information content (AvgIpc) is 3.04. The molecule has 0 atom stereocenters. The molecular weight excluding hydrogens is 562 g/mol. The van der Waals surface area contributed by atoms with E-state index in [1.54, 1.807) is 0 Å². The van der Waals surface area contributed by atoms with Crippen molar-refractivity contribution >= 4 is 5.97 Å². The minimum absolute atomic E-state index is 0.0159. The summed E-state index contributed by atoms with van der Waals surface area (Å²) in [4.78, 5) is 14.6. The third-order valence-corrected chi connectivity index (χ3v) is 8.12. The Morgan fingerprint density at radius 3 is 1.24 bits per heavy atom. The lowest BCUT2D eigenvalue weighted by Crippen LogP contribution is -2.20. The Labute approximate surface area is 287 Å². The number of ether oxygens (including phenoxy) is 1. The molecule has 0 aliphatic heterocycles. The Hall–Kier alpha value is -2.13. The van der Waals surface area contributed by atoms with Gasteiger partial charge < -0.3 is 9.64 Å². The minimum atomic E-state index is -0.0159. The molecule has 0 unspecified atom stereocenters. The number of allylic oxidation sites excluding steroid dienone is 12. The number of hydrogen-bond donors (Lipinski definition) is 0. The van der Waals surface area contributed by atoms with Crippen LogP contribution in [0.2, 0.25) is 0 Å². The van der Waals surface area contributed by atoms with Crippen molar-refractivity contribution in [2.24, 2.45) is 0 Å². The van der Waals surface area contributed by atoms with E-state index in [1.165, 1.54) is 77.0 Å². The van der Waals surface area contributed by atoms with E-state index in [4.69, 9.17) is 4.74 Å². The van der Waals surface area contributed by atoms with Gasteiger partial charge in [0.2, 0.25) is 0 Å². The predicted molar refractivity (Wildman–Crippen MR) is 205 cm³/mol. The third kappa shape index (κ3) is 36.3. The molecule has 0 aliphatic rings. The minimum Gasteiger partial charge on any atom is -0.462 e. The number of esters is 1. The second-order valence-electron chi connectivity index (χ2n) is 13.1. The maximum atomic E-state index is 12.5. The second-order valence-corrected chi connectivity index (χ2v) is 13.1. The summed E-state index contributed by atoms with van der Waals surface area (Å²) in [5.74, 6) is -0.0159. The van der Waals surface area contributed by atoms with Crippen LogP contribution >= 0.6 is 0 Å². The Morgan fingerprint density at radius 1 is 0.500 bits per heavy atom. The van der Waals surface area contributed by atoms with Crippen molar-refractivity contribution in [3.8, 4) is 0 Å². The molecule has 0 rings (SSSR count). The van der Waals surface area contributed by atoms with Crippen molar-refractivity contribution in [2.75, 3.05) is 20.6 Å². The van der Waals surface area contributed by atoms with E-state index >= 15 is 0 Å². The van der Waals surface area contributed by atoms with Gasteiger partial charge in [0.25, 0.3) is 0 Å². The van der Waals surface area contributed by atoms with Crippen LogP contribution in [0.25, 0.3) is 0 Å². The van der Waals surface area contributed by atoms with Gasteiger partial charge in [-0.15, -0.1) is 0 Å². The Balaban J connectivity index is 4.15. The van der Waals surface area contributed by atoms with Crippen LogP contribution in [0.5, 0.6) is 0 Å². The molecule has 0 fully saturated rings.